The van der Waals surface area contributed by atoms with E-state index in [1.165, 1.54) is 140 Å². The van der Waals surface area contributed by atoms with E-state index >= 15 is 0 Å². The smallest absolute Gasteiger partial charge is 0.503 e. The number of phenolic OH excluding ortho intramolecular Hbond substituents is 2. The average molecular weight is 926 g/mol. The van der Waals surface area contributed by atoms with Gasteiger partial charge in [-0.25, -0.2) is 4.79 Å². The van der Waals surface area contributed by atoms with Crippen LogP contribution in [0.2, 0.25) is 0 Å². The molecular formula is C50H81CrN8O5+. The number of carboxylic acid groups (broad SMARTS) is 2. The van der Waals surface area contributed by atoms with Gasteiger partial charge in [0.05, 0.1) is 91.6 Å². The molecule has 14 heteroatoms. The standard InChI is InChI=1S/C48H74N8O2.CH2O3.CH3.Cr/c1-37-31-41(19-11-7-9-13-23-53-27-17-29-55-25-15-21-51(5)47(53)55)33-43(45(37)57)35-49-39(3)40(4)50-36-44-34-42(32-38(2)46(44)58)20-12-8-10-14-24-54-28-18-30-56-26-16-22-52(6)48(54)56;2-1(3)4;;/h31-36,39-40H,7-30H2,1-6H3;(H2,2,3,4);1H3;/q;;-1;/p+2. The molecule has 6 rings (SSSR count). The summed E-state index contributed by atoms with van der Waals surface area (Å²) in [5, 5.41) is 35.8. The number of aliphatic imine (C=N–C) groups is 2. The number of aryl methyl sites for hydroxylation is 4. The maximum Gasteiger partial charge on any atom is 0.503 e. The van der Waals surface area contributed by atoms with E-state index in [2.05, 4.69) is 81.0 Å². The van der Waals surface area contributed by atoms with Crippen molar-refractivity contribution in [3.8, 4) is 11.5 Å². The predicted octanol–water partition coefficient (Wildman–Crippen LogP) is 7.73. The quantitative estimate of drug-likeness (QED) is 0.0483. The molecule has 0 radical (unpaired) electrons. The largest absolute Gasteiger partial charge is 0.507 e. The zero-order valence-electron chi connectivity index (χ0n) is 40.3. The van der Waals surface area contributed by atoms with Crippen LogP contribution in [0, 0.1) is 21.3 Å². The molecule has 356 valence electrons. The molecule has 2 atom stereocenters. The molecule has 2 fully saturated rings. The van der Waals surface area contributed by atoms with Crippen molar-refractivity contribution >= 4 is 30.5 Å². The Bertz CT molecular complexity index is 1780. The molecule has 4 heterocycles. The number of hydrogen-bond donors (Lipinski definition) is 4. The van der Waals surface area contributed by atoms with Gasteiger partial charge in [-0.05, 0) is 101 Å². The van der Waals surface area contributed by atoms with Gasteiger partial charge in [0, 0.05) is 66.6 Å². The molecule has 0 aliphatic carbocycles. The molecule has 0 bridgehead atoms. The van der Waals surface area contributed by atoms with E-state index < -0.39 is 6.16 Å². The summed E-state index contributed by atoms with van der Waals surface area (Å²) in [5.41, 5.74) is 5.85. The van der Waals surface area contributed by atoms with Crippen LogP contribution in [0.1, 0.15) is 124 Å². The van der Waals surface area contributed by atoms with Gasteiger partial charge in [-0.1, -0.05) is 37.8 Å². The fraction of sp³-hybridized carbons (Fsp3) is 0.640. The maximum absolute atomic E-state index is 10.9. The Labute approximate surface area is 396 Å². The Morgan fingerprint density at radius 1 is 0.625 bits per heavy atom. The summed E-state index contributed by atoms with van der Waals surface area (Å²) in [4.78, 5) is 28.6. The molecule has 4 aliphatic rings. The van der Waals surface area contributed by atoms with Gasteiger partial charge in [-0.3, -0.25) is 38.7 Å². The number of unbranched alkanes of at least 4 members (excludes halogenated alkanes) is 6. The predicted molar refractivity (Wildman–Crippen MR) is 258 cm³/mol. The molecule has 64 heavy (non-hydrogen) atoms. The molecule has 0 spiro atoms. The molecule has 0 amide bonds. The van der Waals surface area contributed by atoms with Crippen LogP contribution in [0.3, 0.4) is 0 Å². The van der Waals surface area contributed by atoms with Crippen LogP contribution >= 0.6 is 0 Å². The average Bonchev–Trinajstić information content (AvgIpc) is 3.24. The number of hydrogen-bond acceptors (Lipinski definition) is 9. The van der Waals surface area contributed by atoms with Crippen molar-refractivity contribution in [3.63, 3.8) is 0 Å². The van der Waals surface area contributed by atoms with Gasteiger partial charge in [-0.15, -0.1) is 0 Å². The van der Waals surface area contributed by atoms with E-state index in [1.807, 2.05) is 26.3 Å². The summed E-state index contributed by atoms with van der Waals surface area (Å²) in [7, 11) is 4.50. The Morgan fingerprint density at radius 2 is 0.984 bits per heavy atom. The molecule has 0 aromatic heterocycles. The molecule has 4 N–H and O–H groups in total. The first-order valence-corrected chi connectivity index (χ1v) is 23.6. The van der Waals surface area contributed by atoms with Crippen LogP contribution in [0.4, 0.5) is 4.79 Å². The molecule has 4 aliphatic heterocycles. The van der Waals surface area contributed by atoms with Crippen LogP contribution in [0.25, 0.3) is 0 Å². The third-order valence-corrected chi connectivity index (χ3v) is 13.0. The van der Waals surface area contributed by atoms with Gasteiger partial charge < -0.3 is 27.9 Å². The van der Waals surface area contributed by atoms with E-state index in [1.54, 1.807) is 0 Å². The fourth-order valence-electron chi connectivity index (χ4n) is 9.58. The van der Waals surface area contributed by atoms with Crippen molar-refractivity contribution in [2.45, 2.75) is 130 Å². The summed E-state index contributed by atoms with van der Waals surface area (Å²) < 4.78 is 4.91. The summed E-state index contributed by atoms with van der Waals surface area (Å²) in [5.74, 6) is 3.52. The first kappa shape index (κ1) is 54.1. The Balaban J connectivity index is 0.00000174. The van der Waals surface area contributed by atoms with Crippen LogP contribution < -0.4 is 0 Å². The zero-order chi connectivity index (χ0) is 44.6. The van der Waals surface area contributed by atoms with Crippen molar-refractivity contribution < 1.29 is 51.7 Å². The number of fused-ring (bicyclic) bond motifs is 2. The number of guanidine groups is 2. The topological polar surface area (TPSA) is 142 Å². The van der Waals surface area contributed by atoms with Crippen molar-refractivity contribution in [2.75, 3.05) is 79.5 Å². The first-order chi connectivity index (χ1) is 29.8. The third kappa shape index (κ3) is 16.0. The first-order valence-electron chi connectivity index (χ1n) is 23.6. The number of carbonyl (C=O) groups is 1. The Kier molecular flexibility index (Phi) is 23.0. The minimum absolute atomic E-state index is 0. The third-order valence-electron chi connectivity index (χ3n) is 13.0. The second-order valence-electron chi connectivity index (χ2n) is 18.2. The minimum atomic E-state index is -1.83. The molecule has 2 saturated heterocycles. The van der Waals surface area contributed by atoms with Gasteiger partial charge in [-0.2, -0.15) is 0 Å². The molecule has 0 saturated carbocycles. The minimum Gasteiger partial charge on any atom is -0.507 e. The maximum atomic E-state index is 10.9. The number of phenols is 2. The van der Waals surface area contributed by atoms with Crippen molar-refractivity contribution in [1.82, 2.24) is 19.6 Å². The summed E-state index contributed by atoms with van der Waals surface area (Å²) in [6, 6.07) is 8.28. The number of nitrogens with zero attached hydrogens (tertiary/aromatic N) is 8. The van der Waals surface area contributed by atoms with Gasteiger partial charge in [0.15, 0.2) is 0 Å². The second kappa shape index (κ2) is 27.3. The SMILES string of the molecule is Cc1cc(CCCCCCN2CCCN3CCC[N+](C)=C23)cc(C=NC(C)C(C)N=Cc2cc(CCCCCCN3CCCN4CCC[N+](C)=C34)cc(C)c2O)c1O.O=C(O)O.[CH3-].[Cr]. The fourth-order valence-corrected chi connectivity index (χ4v) is 9.58. The van der Waals surface area contributed by atoms with E-state index in [4.69, 9.17) is 25.0 Å². The van der Waals surface area contributed by atoms with Crippen molar-refractivity contribution in [3.05, 3.63) is 65.1 Å². The molecule has 2 aromatic carbocycles. The van der Waals surface area contributed by atoms with Gasteiger partial charge in [0.1, 0.15) is 11.5 Å². The van der Waals surface area contributed by atoms with Gasteiger partial charge in [0.25, 0.3) is 0 Å². The Hall–Kier alpha value is -4.28. The van der Waals surface area contributed by atoms with Crippen molar-refractivity contribution in [1.29, 1.82) is 0 Å². The normalized spacial score (nSPS) is 17.4. The molecular weight excluding hydrogens is 845 g/mol. The van der Waals surface area contributed by atoms with Gasteiger partial charge >= 0.3 is 18.1 Å². The Morgan fingerprint density at radius 3 is 1.38 bits per heavy atom. The van der Waals surface area contributed by atoms with Crippen LogP contribution in [-0.2, 0) is 30.2 Å². The van der Waals surface area contributed by atoms with E-state index in [0.717, 1.165) is 61.0 Å². The van der Waals surface area contributed by atoms with Crippen LogP contribution in [0.15, 0.2) is 34.3 Å². The second-order valence-corrected chi connectivity index (χ2v) is 18.2. The number of rotatable bonds is 19. The van der Waals surface area contributed by atoms with Gasteiger partial charge in [0.2, 0.25) is 0 Å². The molecule has 13 nitrogen and oxygen atoms in total. The monoisotopic (exact) mass is 926 g/mol. The summed E-state index contributed by atoms with van der Waals surface area (Å²) >= 11 is 0. The van der Waals surface area contributed by atoms with E-state index in [9.17, 15) is 10.2 Å². The van der Waals surface area contributed by atoms with E-state index in [0.29, 0.717) is 11.5 Å². The van der Waals surface area contributed by atoms with Crippen molar-refractivity contribution in [2.24, 2.45) is 9.98 Å². The summed E-state index contributed by atoms with van der Waals surface area (Å²) in [6.45, 7) is 19.9. The molecule has 2 unspecified atom stereocenters. The van der Waals surface area contributed by atoms with Crippen LogP contribution in [-0.4, -0.2) is 171 Å². The number of benzene rings is 2. The molecule has 2 aromatic rings. The van der Waals surface area contributed by atoms with Crippen LogP contribution in [0.5, 0.6) is 11.5 Å². The van der Waals surface area contributed by atoms with E-state index in [-0.39, 0.29) is 36.9 Å². The summed E-state index contributed by atoms with van der Waals surface area (Å²) in [6.07, 6.45) is 18.6. The zero-order valence-corrected chi connectivity index (χ0v) is 41.5. The number of aromatic hydroxyl groups is 2.